The van der Waals surface area contributed by atoms with E-state index in [1.165, 1.54) is 18.2 Å². The van der Waals surface area contributed by atoms with E-state index in [0.717, 1.165) is 12.3 Å². The number of rotatable bonds is 4. The molecule has 0 amide bonds. The van der Waals surface area contributed by atoms with Crippen molar-refractivity contribution in [1.82, 2.24) is 4.98 Å². The van der Waals surface area contributed by atoms with Gasteiger partial charge in [-0.25, -0.2) is 14.2 Å². The number of halogens is 1. The van der Waals surface area contributed by atoms with Crippen molar-refractivity contribution in [2.45, 2.75) is 11.9 Å². The average molecular weight is 310 g/mol. The van der Waals surface area contributed by atoms with E-state index in [2.05, 4.69) is 9.71 Å². The number of carboxylic acid groups (broad SMARTS) is 1. The first-order valence-corrected chi connectivity index (χ1v) is 7.27. The van der Waals surface area contributed by atoms with E-state index >= 15 is 0 Å². The molecule has 0 aliphatic rings. The Hall–Kier alpha value is -2.48. The molecule has 1 heterocycles. The maximum atomic E-state index is 13.5. The number of aryl methyl sites for hydroxylation is 1. The zero-order chi connectivity index (χ0) is 15.6. The van der Waals surface area contributed by atoms with Crippen molar-refractivity contribution in [3.63, 3.8) is 0 Å². The predicted molar refractivity (Wildman–Crippen MR) is 73.1 cm³/mol. The maximum Gasteiger partial charge on any atom is 0.337 e. The van der Waals surface area contributed by atoms with Crippen LogP contribution < -0.4 is 4.72 Å². The lowest BCUT2D eigenvalue weighted by Crippen LogP contribution is -2.19. The molecule has 2 aromatic rings. The number of aromatic carboxylic acids is 1. The molecular formula is C13H11FN2O4S. The molecule has 0 bridgehead atoms. The molecule has 110 valence electrons. The van der Waals surface area contributed by atoms with Crippen LogP contribution in [0, 0.1) is 12.7 Å². The topological polar surface area (TPSA) is 96.4 Å². The maximum absolute atomic E-state index is 13.5. The highest BCUT2D eigenvalue weighted by atomic mass is 32.2. The van der Waals surface area contributed by atoms with Gasteiger partial charge in [0.25, 0.3) is 10.0 Å². The van der Waals surface area contributed by atoms with Gasteiger partial charge in [-0.1, -0.05) is 12.1 Å². The van der Waals surface area contributed by atoms with Crippen LogP contribution in [-0.4, -0.2) is 24.5 Å². The summed E-state index contributed by atoms with van der Waals surface area (Å²) < 4.78 is 39.9. The van der Waals surface area contributed by atoms with Crippen LogP contribution in [0.3, 0.4) is 0 Å². The van der Waals surface area contributed by atoms with Gasteiger partial charge in [0.1, 0.15) is 0 Å². The number of para-hydroxylation sites is 1. The van der Waals surface area contributed by atoms with E-state index in [-0.39, 0.29) is 11.3 Å². The molecule has 0 saturated carbocycles. The lowest BCUT2D eigenvalue weighted by atomic mass is 10.1. The van der Waals surface area contributed by atoms with E-state index in [4.69, 9.17) is 5.11 Å². The summed E-state index contributed by atoms with van der Waals surface area (Å²) in [5.74, 6) is -2.31. The van der Waals surface area contributed by atoms with Crippen LogP contribution in [0.5, 0.6) is 0 Å². The van der Waals surface area contributed by atoms with Crippen molar-refractivity contribution >= 4 is 21.7 Å². The molecule has 0 unspecified atom stereocenters. The quantitative estimate of drug-likeness (QED) is 0.900. The molecule has 2 rings (SSSR count). The fourth-order valence-corrected chi connectivity index (χ4v) is 2.89. The largest absolute Gasteiger partial charge is 0.478 e. The molecule has 8 heteroatoms. The van der Waals surface area contributed by atoms with Crippen molar-refractivity contribution in [1.29, 1.82) is 0 Å². The van der Waals surface area contributed by atoms with Crippen LogP contribution in [0.15, 0.2) is 41.6 Å². The van der Waals surface area contributed by atoms with Gasteiger partial charge in [0, 0.05) is 6.20 Å². The van der Waals surface area contributed by atoms with Gasteiger partial charge in [-0.05, 0) is 30.7 Å². The van der Waals surface area contributed by atoms with Gasteiger partial charge in [-0.2, -0.15) is 8.42 Å². The van der Waals surface area contributed by atoms with Crippen molar-refractivity contribution in [2.24, 2.45) is 0 Å². The number of nitrogens with zero attached hydrogens (tertiary/aromatic N) is 1. The van der Waals surface area contributed by atoms with Gasteiger partial charge in [0.2, 0.25) is 5.03 Å². The Bertz CT molecular complexity index is 806. The highest BCUT2D eigenvalue weighted by Crippen LogP contribution is 2.24. The predicted octanol–water partition coefficient (Wildman–Crippen LogP) is 2.03. The third kappa shape index (κ3) is 3.00. The van der Waals surface area contributed by atoms with E-state index in [0.29, 0.717) is 5.56 Å². The molecular weight excluding hydrogens is 299 g/mol. The number of pyridine rings is 1. The molecule has 0 saturated heterocycles. The highest BCUT2D eigenvalue weighted by Gasteiger charge is 2.23. The number of aromatic nitrogens is 1. The first-order valence-electron chi connectivity index (χ1n) is 5.79. The third-order valence-corrected chi connectivity index (χ3v) is 4.00. The Labute approximate surface area is 120 Å². The molecule has 2 N–H and O–H groups in total. The zero-order valence-electron chi connectivity index (χ0n) is 10.9. The molecule has 0 atom stereocenters. The second kappa shape index (κ2) is 5.49. The Morgan fingerprint density at radius 3 is 2.62 bits per heavy atom. The summed E-state index contributed by atoms with van der Waals surface area (Å²) in [6, 6.07) is 6.49. The monoisotopic (exact) mass is 310 g/mol. The Morgan fingerprint density at radius 1 is 1.29 bits per heavy atom. The number of carboxylic acids is 1. The summed E-state index contributed by atoms with van der Waals surface area (Å²) in [5.41, 5.74) is 0.0554. The lowest BCUT2D eigenvalue weighted by Gasteiger charge is -2.12. The summed E-state index contributed by atoms with van der Waals surface area (Å²) >= 11 is 0. The first kappa shape index (κ1) is 14.9. The van der Waals surface area contributed by atoms with E-state index in [1.54, 1.807) is 13.0 Å². The third-order valence-electron chi connectivity index (χ3n) is 2.72. The fourth-order valence-electron chi connectivity index (χ4n) is 1.73. The summed E-state index contributed by atoms with van der Waals surface area (Å²) in [4.78, 5) is 14.6. The van der Waals surface area contributed by atoms with Gasteiger partial charge >= 0.3 is 5.97 Å². The highest BCUT2D eigenvalue weighted by molar-refractivity contribution is 7.92. The zero-order valence-corrected chi connectivity index (χ0v) is 11.7. The van der Waals surface area contributed by atoms with Gasteiger partial charge in [-0.3, -0.25) is 4.72 Å². The molecule has 21 heavy (non-hydrogen) atoms. The van der Waals surface area contributed by atoms with Crippen molar-refractivity contribution in [3.05, 3.63) is 53.5 Å². The van der Waals surface area contributed by atoms with Gasteiger partial charge in [0.15, 0.2) is 5.82 Å². The minimum atomic E-state index is -4.32. The second-order valence-electron chi connectivity index (χ2n) is 4.20. The number of benzene rings is 1. The molecule has 0 aliphatic carbocycles. The number of sulfonamides is 1. The number of anilines is 1. The average Bonchev–Trinajstić information content (AvgIpc) is 2.41. The number of carbonyl (C=O) groups is 1. The first-order chi connectivity index (χ1) is 9.83. The molecule has 1 aromatic heterocycles. The summed E-state index contributed by atoms with van der Waals surface area (Å²) in [7, 11) is -4.32. The molecule has 0 fully saturated rings. The second-order valence-corrected chi connectivity index (χ2v) is 5.80. The normalized spacial score (nSPS) is 11.1. The summed E-state index contributed by atoms with van der Waals surface area (Å²) in [6.07, 6.45) is 1.13. The van der Waals surface area contributed by atoms with E-state index in [9.17, 15) is 17.6 Å². The molecule has 0 spiro atoms. The van der Waals surface area contributed by atoms with Crippen LogP contribution in [0.25, 0.3) is 0 Å². The Kier molecular flexibility index (Phi) is 3.90. The smallest absolute Gasteiger partial charge is 0.337 e. The van der Waals surface area contributed by atoms with Crippen LogP contribution in [0.4, 0.5) is 10.1 Å². The van der Waals surface area contributed by atoms with Crippen LogP contribution >= 0.6 is 0 Å². The lowest BCUT2D eigenvalue weighted by molar-refractivity contribution is 0.0698. The SMILES string of the molecule is Cc1cccc(C(=O)O)c1NS(=O)(=O)c1ncccc1F. The van der Waals surface area contributed by atoms with E-state index in [1.807, 2.05) is 0 Å². The number of hydrogen-bond acceptors (Lipinski definition) is 4. The number of hydrogen-bond donors (Lipinski definition) is 2. The minimum absolute atomic E-state index is 0.116. The van der Waals surface area contributed by atoms with Gasteiger partial charge in [0.05, 0.1) is 11.3 Å². The van der Waals surface area contributed by atoms with Crippen molar-refractivity contribution in [3.8, 4) is 0 Å². The Balaban J connectivity index is 2.52. The van der Waals surface area contributed by atoms with Crippen molar-refractivity contribution in [2.75, 3.05) is 4.72 Å². The molecule has 0 aliphatic heterocycles. The minimum Gasteiger partial charge on any atom is -0.478 e. The number of nitrogens with one attached hydrogen (secondary N) is 1. The van der Waals surface area contributed by atoms with Gasteiger partial charge in [-0.15, -0.1) is 0 Å². The van der Waals surface area contributed by atoms with Gasteiger partial charge < -0.3 is 5.11 Å². The van der Waals surface area contributed by atoms with Crippen LogP contribution in [-0.2, 0) is 10.0 Å². The fraction of sp³-hybridized carbons (Fsp3) is 0.0769. The molecule has 0 radical (unpaired) electrons. The standard InChI is InChI=1S/C13H11FN2O4S/c1-8-4-2-5-9(13(17)18)11(8)16-21(19,20)12-10(14)6-3-7-15-12/h2-7,16H,1H3,(H,17,18). The summed E-state index contributed by atoms with van der Waals surface area (Å²) in [5, 5.41) is 8.30. The van der Waals surface area contributed by atoms with E-state index < -0.39 is 26.8 Å². The molecule has 6 nitrogen and oxygen atoms in total. The summed E-state index contributed by atoms with van der Waals surface area (Å²) in [6.45, 7) is 1.54. The van der Waals surface area contributed by atoms with Crippen molar-refractivity contribution < 1.29 is 22.7 Å². The van der Waals surface area contributed by atoms with Crippen LogP contribution in [0.1, 0.15) is 15.9 Å². The van der Waals surface area contributed by atoms with Crippen LogP contribution in [0.2, 0.25) is 0 Å². The molecule has 1 aromatic carbocycles. The Morgan fingerprint density at radius 2 is 2.00 bits per heavy atom.